The Morgan fingerprint density at radius 2 is 1.93 bits per heavy atom. The van der Waals surface area contributed by atoms with E-state index in [1.165, 1.54) is 12.4 Å². The van der Waals surface area contributed by atoms with E-state index in [2.05, 4.69) is 23.8 Å². The molecule has 4 nitrogen and oxygen atoms in total. The second-order valence-corrected chi connectivity index (χ2v) is 4.90. The molecular weight excluding hydrogens is 214 g/mol. The molecule has 0 aromatic carbocycles. The highest BCUT2D eigenvalue weighted by Crippen LogP contribution is 2.29. The van der Waals surface area contributed by atoms with Crippen molar-refractivity contribution in [1.29, 1.82) is 0 Å². The van der Waals surface area contributed by atoms with Gasteiger partial charge in [-0.2, -0.15) is 0 Å². The molecule has 1 saturated heterocycles. The molecule has 1 fully saturated rings. The van der Waals surface area contributed by atoms with Gasteiger partial charge in [-0.1, -0.05) is 13.8 Å². The molecule has 0 saturated carbocycles. The lowest BCUT2D eigenvalue weighted by Crippen LogP contribution is -2.55. The number of rotatable bonds is 1. The summed E-state index contributed by atoms with van der Waals surface area (Å²) in [5.41, 5.74) is 0.734. The van der Waals surface area contributed by atoms with E-state index in [4.69, 9.17) is 11.6 Å². The Hall–Kier alpha value is -1.16. The molecule has 0 N–H and O–H groups in total. The van der Waals surface area contributed by atoms with Crippen molar-refractivity contribution >= 4 is 17.5 Å². The lowest BCUT2D eigenvalue weighted by molar-refractivity contribution is 0.0235. The van der Waals surface area contributed by atoms with Gasteiger partial charge < -0.3 is 4.90 Å². The molecule has 1 aromatic rings. The summed E-state index contributed by atoms with van der Waals surface area (Å²) in [6, 6.07) is 0. The van der Waals surface area contributed by atoms with E-state index in [0.717, 1.165) is 13.1 Å². The second kappa shape index (κ2) is 3.45. The normalized spacial score (nSPS) is 18.5. The topological polar surface area (TPSA) is 46.1 Å². The quantitative estimate of drug-likeness (QED) is 0.683. The maximum atomic E-state index is 11.8. The Bertz CT molecular complexity index is 380. The maximum Gasteiger partial charge on any atom is 0.257 e. The summed E-state index contributed by atoms with van der Waals surface area (Å²) in [5, 5.41) is 0.162. The van der Waals surface area contributed by atoms with E-state index in [1.54, 1.807) is 4.90 Å². The maximum absolute atomic E-state index is 11.8. The van der Waals surface area contributed by atoms with Crippen molar-refractivity contribution < 1.29 is 4.79 Å². The van der Waals surface area contributed by atoms with E-state index in [9.17, 15) is 4.79 Å². The van der Waals surface area contributed by atoms with Crippen molar-refractivity contribution in [1.82, 2.24) is 14.9 Å². The first-order valence-corrected chi connectivity index (χ1v) is 5.13. The van der Waals surface area contributed by atoms with Crippen LogP contribution in [0.25, 0.3) is 0 Å². The molecule has 1 aromatic heterocycles. The van der Waals surface area contributed by atoms with Crippen molar-refractivity contribution in [2.24, 2.45) is 5.41 Å². The van der Waals surface area contributed by atoms with Gasteiger partial charge in [-0.15, -0.1) is 0 Å². The fourth-order valence-electron chi connectivity index (χ4n) is 1.74. The highest BCUT2D eigenvalue weighted by Gasteiger charge is 2.37. The van der Waals surface area contributed by atoms with Crippen LogP contribution in [0.5, 0.6) is 0 Å². The van der Waals surface area contributed by atoms with Crippen molar-refractivity contribution in [3.63, 3.8) is 0 Å². The molecule has 0 atom stereocenters. The summed E-state index contributed by atoms with van der Waals surface area (Å²) < 4.78 is 0. The van der Waals surface area contributed by atoms with Gasteiger partial charge in [0.15, 0.2) is 0 Å². The molecule has 0 unspecified atom stereocenters. The third-order valence-electron chi connectivity index (χ3n) is 2.39. The number of hydrogen-bond donors (Lipinski definition) is 0. The van der Waals surface area contributed by atoms with E-state index in [-0.39, 0.29) is 16.6 Å². The van der Waals surface area contributed by atoms with E-state index in [0.29, 0.717) is 5.56 Å². The minimum absolute atomic E-state index is 0.0222. The zero-order valence-electron chi connectivity index (χ0n) is 8.70. The summed E-state index contributed by atoms with van der Waals surface area (Å²) in [6.45, 7) is 5.84. The molecule has 5 heteroatoms. The minimum Gasteiger partial charge on any atom is -0.337 e. The highest BCUT2D eigenvalue weighted by atomic mass is 35.5. The van der Waals surface area contributed by atoms with Crippen molar-refractivity contribution in [3.05, 3.63) is 23.2 Å². The zero-order valence-corrected chi connectivity index (χ0v) is 9.45. The Morgan fingerprint density at radius 3 is 2.40 bits per heavy atom. The van der Waals surface area contributed by atoms with Gasteiger partial charge in [0.25, 0.3) is 5.91 Å². The predicted octanol–water partition coefficient (Wildman–Crippen LogP) is 1.61. The predicted molar refractivity (Wildman–Crippen MR) is 56.7 cm³/mol. The van der Waals surface area contributed by atoms with E-state index < -0.39 is 0 Å². The zero-order chi connectivity index (χ0) is 11.1. The molecule has 1 aliphatic heterocycles. The van der Waals surface area contributed by atoms with Gasteiger partial charge in [0.05, 0.1) is 5.56 Å². The second-order valence-electron chi connectivity index (χ2n) is 4.57. The van der Waals surface area contributed by atoms with Crippen LogP contribution in [-0.4, -0.2) is 33.9 Å². The SMILES string of the molecule is CC1(C)CN(C(=O)c2cnc(Cl)nc2)C1. The number of amides is 1. The van der Waals surface area contributed by atoms with Crippen LogP contribution in [0.2, 0.25) is 5.28 Å². The highest BCUT2D eigenvalue weighted by molar-refractivity contribution is 6.28. The molecule has 0 radical (unpaired) electrons. The number of nitrogens with zero attached hydrogens (tertiary/aromatic N) is 3. The van der Waals surface area contributed by atoms with Crippen LogP contribution >= 0.6 is 11.6 Å². The van der Waals surface area contributed by atoms with Crippen LogP contribution in [-0.2, 0) is 0 Å². The van der Waals surface area contributed by atoms with Crippen LogP contribution in [0, 0.1) is 5.41 Å². The Labute approximate surface area is 93.3 Å². The average Bonchev–Trinajstić information content (AvgIpc) is 2.14. The van der Waals surface area contributed by atoms with Crippen LogP contribution in [0.3, 0.4) is 0 Å². The number of carbonyl (C=O) groups is 1. The molecule has 15 heavy (non-hydrogen) atoms. The average molecular weight is 226 g/mol. The molecular formula is C10H12ClN3O. The molecule has 0 bridgehead atoms. The molecule has 0 spiro atoms. The van der Waals surface area contributed by atoms with E-state index >= 15 is 0 Å². The van der Waals surface area contributed by atoms with Gasteiger partial charge in [0, 0.05) is 25.5 Å². The van der Waals surface area contributed by atoms with Crippen LogP contribution < -0.4 is 0 Å². The molecule has 0 aliphatic carbocycles. The summed E-state index contributed by atoms with van der Waals surface area (Å²) in [5.74, 6) is -0.0222. The summed E-state index contributed by atoms with van der Waals surface area (Å²) in [4.78, 5) is 21.2. The standard InChI is InChI=1S/C10H12ClN3O/c1-10(2)5-14(6-10)8(15)7-3-12-9(11)13-4-7/h3-4H,5-6H2,1-2H3. The van der Waals surface area contributed by atoms with Crippen LogP contribution in [0.1, 0.15) is 24.2 Å². The first kappa shape index (κ1) is 10.4. The third-order valence-corrected chi connectivity index (χ3v) is 2.59. The number of hydrogen-bond acceptors (Lipinski definition) is 3. The summed E-state index contributed by atoms with van der Waals surface area (Å²) in [6.07, 6.45) is 2.92. The van der Waals surface area contributed by atoms with Crippen molar-refractivity contribution in [3.8, 4) is 0 Å². The van der Waals surface area contributed by atoms with Crippen molar-refractivity contribution in [2.75, 3.05) is 13.1 Å². The molecule has 2 rings (SSSR count). The Morgan fingerprint density at radius 1 is 1.40 bits per heavy atom. The fourth-order valence-corrected chi connectivity index (χ4v) is 1.83. The first-order valence-electron chi connectivity index (χ1n) is 4.75. The fraction of sp³-hybridized carbons (Fsp3) is 0.500. The monoisotopic (exact) mass is 225 g/mol. The van der Waals surface area contributed by atoms with Gasteiger partial charge >= 0.3 is 0 Å². The smallest absolute Gasteiger partial charge is 0.257 e. The Balaban J connectivity index is 2.07. The summed E-state index contributed by atoms with van der Waals surface area (Å²) in [7, 11) is 0. The lowest BCUT2D eigenvalue weighted by Gasteiger charge is -2.45. The number of aromatic nitrogens is 2. The van der Waals surface area contributed by atoms with Gasteiger partial charge in [0.1, 0.15) is 0 Å². The molecule has 2 heterocycles. The van der Waals surface area contributed by atoms with Crippen LogP contribution in [0.4, 0.5) is 0 Å². The molecule has 1 amide bonds. The third kappa shape index (κ3) is 2.09. The van der Waals surface area contributed by atoms with Gasteiger partial charge in [0.2, 0.25) is 5.28 Å². The van der Waals surface area contributed by atoms with Crippen LogP contribution in [0.15, 0.2) is 12.4 Å². The minimum atomic E-state index is -0.0222. The van der Waals surface area contributed by atoms with E-state index in [1.807, 2.05) is 0 Å². The summed E-state index contributed by atoms with van der Waals surface area (Å²) >= 11 is 5.54. The first-order chi connectivity index (χ1) is 6.98. The van der Waals surface area contributed by atoms with Gasteiger partial charge in [-0.3, -0.25) is 4.79 Å². The lowest BCUT2D eigenvalue weighted by atomic mass is 9.84. The molecule has 80 valence electrons. The van der Waals surface area contributed by atoms with Crippen molar-refractivity contribution in [2.45, 2.75) is 13.8 Å². The Kier molecular flexibility index (Phi) is 2.38. The largest absolute Gasteiger partial charge is 0.337 e. The number of halogens is 1. The van der Waals surface area contributed by atoms with Gasteiger partial charge in [-0.25, -0.2) is 9.97 Å². The number of carbonyl (C=O) groups excluding carboxylic acids is 1. The van der Waals surface area contributed by atoms with Gasteiger partial charge in [-0.05, 0) is 17.0 Å². The number of likely N-dealkylation sites (tertiary alicyclic amines) is 1. The molecule has 1 aliphatic rings.